The van der Waals surface area contributed by atoms with Crippen molar-refractivity contribution in [3.8, 4) is 0 Å². The lowest BCUT2D eigenvalue weighted by molar-refractivity contribution is -0.138. The normalized spacial score (nSPS) is 13.8. The average molecular weight is 181 g/mol. The molecule has 1 atom stereocenters. The second-order valence-electron chi connectivity index (χ2n) is 2.78. The van der Waals surface area contributed by atoms with E-state index in [1.54, 1.807) is 6.92 Å². The first kappa shape index (κ1) is 11.3. The molecular formula is C7H13F2NO2. The number of carboxylic acid groups (broad SMARTS) is 1. The van der Waals surface area contributed by atoms with Crippen LogP contribution < -0.4 is 0 Å². The first-order chi connectivity index (χ1) is 5.43. The Morgan fingerprint density at radius 2 is 2.08 bits per heavy atom. The minimum atomic E-state index is -2.41. The molecule has 3 nitrogen and oxygen atoms in total. The van der Waals surface area contributed by atoms with Gasteiger partial charge in [-0.15, -0.1) is 0 Å². The van der Waals surface area contributed by atoms with Crippen molar-refractivity contribution in [2.45, 2.75) is 25.8 Å². The van der Waals surface area contributed by atoms with Gasteiger partial charge in [-0.25, -0.2) is 8.78 Å². The molecule has 0 fully saturated rings. The molecule has 0 aliphatic heterocycles. The highest BCUT2D eigenvalue weighted by atomic mass is 19.3. The van der Waals surface area contributed by atoms with Crippen LogP contribution in [0.3, 0.4) is 0 Å². The molecule has 72 valence electrons. The van der Waals surface area contributed by atoms with Crippen LogP contribution in [0, 0.1) is 0 Å². The van der Waals surface area contributed by atoms with Crippen molar-refractivity contribution < 1.29 is 18.7 Å². The highest BCUT2D eigenvalue weighted by Crippen LogP contribution is 2.04. The number of carbonyl (C=O) groups is 1. The van der Waals surface area contributed by atoms with Crippen LogP contribution in [0.1, 0.15) is 13.3 Å². The summed E-state index contributed by atoms with van der Waals surface area (Å²) in [5.74, 6) is -0.969. The first-order valence-electron chi connectivity index (χ1n) is 3.63. The molecule has 1 N–H and O–H groups in total. The van der Waals surface area contributed by atoms with Gasteiger partial charge in [-0.1, -0.05) is 0 Å². The third-order valence-electron chi connectivity index (χ3n) is 1.65. The Hall–Kier alpha value is -0.710. The lowest BCUT2D eigenvalue weighted by Gasteiger charge is -2.22. The van der Waals surface area contributed by atoms with Crippen LogP contribution in [0.15, 0.2) is 0 Å². The van der Waals surface area contributed by atoms with Crippen LogP contribution in [0.25, 0.3) is 0 Å². The third-order valence-corrected chi connectivity index (χ3v) is 1.65. The van der Waals surface area contributed by atoms with Crippen molar-refractivity contribution in [3.05, 3.63) is 0 Å². The molecule has 0 saturated carbocycles. The second-order valence-corrected chi connectivity index (χ2v) is 2.78. The summed E-state index contributed by atoms with van der Waals surface area (Å²) in [5.41, 5.74) is 0. The fourth-order valence-electron chi connectivity index (χ4n) is 0.806. The zero-order valence-corrected chi connectivity index (χ0v) is 7.13. The first-order valence-corrected chi connectivity index (χ1v) is 3.63. The third kappa shape index (κ3) is 5.01. The molecule has 0 spiro atoms. The number of aliphatic carboxylic acids is 1. The van der Waals surface area contributed by atoms with Crippen LogP contribution in [0.4, 0.5) is 8.78 Å². The van der Waals surface area contributed by atoms with Crippen LogP contribution >= 0.6 is 0 Å². The van der Waals surface area contributed by atoms with Gasteiger partial charge in [-0.2, -0.15) is 0 Å². The van der Waals surface area contributed by atoms with Gasteiger partial charge in [-0.05, 0) is 14.0 Å². The monoisotopic (exact) mass is 181 g/mol. The van der Waals surface area contributed by atoms with Gasteiger partial charge in [-0.3, -0.25) is 9.69 Å². The van der Waals surface area contributed by atoms with Gasteiger partial charge in [0.2, 0.25) is 0 Å². The summed E-state index contributed by atoms with van der Waals surface area (Å²) in [6.45, 7) is 1.23. The van der Waals surface area contributed by atoms with Gasteiger partial charge in [0.25, 0.3) is 6.43 Å². The maximum absolute atomic E-state index is 11.8. The lowest BCUT2D eigenvalue weighted by atomic mass is 10.2. The Morgan fingerprint density at radius 3 is 2.42 bits per heavy atom. The zero-order valence-electron chi connectivity index (χ0n) is 7.13. The van der Waals surface area contributed by atoms with E-state index in [4.69, 9.17) is 5.11 Å². The number of hydrogen-bond acceptors (Lipinski definition) is 2. The summed E-state index contributed by atoms with van der Waals surface area (Å²) < 4.78 is 23.6. The van der Waals surface area contributed by atoms with Gasteiger partial charge in [0.05, 0.1) is 13.0 Å². The molecule has 0 radical (unpaired) electrons. The van der Waals surface area contributed by atoms with Crippen molar-refractivity contribution >= 4 is 5.97 Å². The van der Waals surface area contributed by atoms with Crippen molar-refractivity contribution in [2.75, 3.05) is 13.6 Å². The molecule has 1 unspecified atom stereocenters. The molecule has 0 bridgehead atoms. The van der Waals surface area contributed by atoms with E-state index in [1.165, 1.54) is 11.9 Å². The summed E-state index contributed by atoms with van der Waals surface area (Å²) in [5, 5.41) is 8.35. The fraction of sp³-hybridized carbons (Fsp3) is 0.857. The van der Waals surface area contributed by atoms with E-state index in [9.17, 15) is 13.6 Å². The number of rotatable bonds is 5. The van der Waals surface area contributed by atoms with Gasteiger partial charge in [0.15, 0.2) is 0 Å². The molecule has 0 aliphatic rings. The number of nitrogens with zero attached hydrogens (tertiary/aromatic N) is 1. The topological polar surface area (TPSA) is 40.5 Å². The van der Waals surface area contributed by atoms with Gasteiger partial charge in [0.1, 0.15) is 0 Å². The van der Waals surface area contributed by atoms with Gasteiger partial charge < -0.3 is 5.11 Å². The maximum atomic E-state index is 11.8. The molecule has 5 heteroatoms. The smallest absolute Gasteiger partial charge is 0.304 e. The van der Waals surface area contributed by atoms with Crippen molar-refractivity contribution in [1.82, 2.24) is 4.90 Å². The van der Waals surface area contributed by atoms with Crippen molar-refractivity contribution in [3.63, 3.8) is 0 Å². The largest absolute Gasteiger partial charge is 0.481 e. The summed E-state index contributed by atoms with van der Waals surface area (Å²) in [4.78, 5) is 11.5. The van der Waals surface area contributed by atoms with E-state index in [0.717, 1.165) is 0 Å². The lowest BCUT2D eigenvalue weighted by Crippen LogP contribution is -2.34. The molecule has 0 amide bonds. The van der Waals surface area contributed by atoms with Crippen LogP contribution in [-0.4, -0.2) is 42.0 Å². The Bertz CT molecular complexity index is 152. The molecule has 0 rings (SSSR count). The molecule has 0 aromatic heterocycles. The van der Waals surface area contributed by atoms with Gasteiger partial charge >= 0.3 is 5.97 Å². The highest BCUT2D eigenvalue weighted by molar-refractivity contribution is 5.67. The van der Waals surface area contributed by atoms with Crippen LogP contribution in [0.2, 0.25) is 0 Å². The zero-order chi connectivity index (χ0) is 9.72. The van der Waals surface area contributed by atoms with Crippen molar-refractivity contribution in [1.29, 1.82) is 0 Å². The molecule has 0 aromatic carbocycles. The number of halogens is 2. The molecular weight excluding hydrogens is 168 g/mol. The number of alkyl halides is 2. The van der Waals surface area contributed by atoms with E-state index in [-0.39, 0.29) is 19.0 Å². The standard InChI is InChI=1S/C7H13F2NO2/c1-5(3-7(11)12)10(2)4-6(8)9/h5-6H,3-4H2,1-2H3,(H,11,12). The summed E-state index contributed by atoms with van der Waals surface area (Å²) >= 11 is 0. The Morgan fingerprint density at radius 1 is 1.58 bits per heavy atom. The minimum Gasteiger partial charge on any atom is -0.481 e. The molecule has 0 saturated heterocycles. The van der Waals surface area contributed by atoms with E-state index in [0.29, 0.717) is 0 Å². The van der Waals surface area contributed by atoms with E-state index in [2.05, 4.69) is 0 Å². The highest BCUT2D eigenvalue weighted by Gasteiger charge is 2.16. The SMILES string of the molecule is CC(CC(=O)O)N(C)CC(F)F. The summed E-state index contributed by atoms with van der Waals surface area (Å²) in [6, 6.07) is -0.350. The molecule has 0 heterocycles. The minimum absolute atomic E-state index is 0.108. The maximum Gasteiger partial charge on any atom is 0.304 e. The summed E-state index contributed by atoms with van der Waals surface area (Å²) in [7, 11) is 1.49. The fourth-order valence-corrected chi connectivity index (χ4v) is 0.806. The number of hydrogen-bond donors (Lipinski definition) is 1. The predicted molar refractivity (Wildman–Crippen MR) is 40.3 cm³/mol. The van der Waals surface area contributed by atoms with Crippen LogP contribution in [0.5, 0.6) is 0 Å². The quantitative estimate of drug-likeness (QED) is 0.689. The predicted octanol–water partition coefficient (Wildman–Crippen LogP) is 1.05. The average Bonchev–Trinajstić information content (AvgIpc) is 1.84. The van der Waals surface area contributed by atoms with E-state index < -0.39 is 12.4 Å². The Balaban J connectivity index is 3.76. The molecule has 0 aliphatic carbocycles. The van der Waals surface area contributed by atoms with Crippen LogP contribution in [-0.2, 0) is 4.79 Å². The Kier molecular flexibility index (Phi) is 4.73. The van der Waals surface area contributed by atoms with E-state index >= 15 is 0 Å². The second kappa shape index (κ2) is 5.03. The van der Waals surface area contributed by atoms with E-state index in [1.807, 2.05) is 0 Å². The van der Waals surface area contributed by atoms with Crippen molar-refractivity contribution in [2.24, 2.45) is 0 Å². The number of carboxylic acids is 1. The Labute approximate surface area is 70.0 Å². The molecule has 0 aromatic rings. The molecule has 12 heavy (non-hydrogen) atoms. The van der Waals surface area contributed by atoms with Gasteiger partial charge in [0, 0.05) is 6.04 Å². The summed E-state index contributed by atoms with van der Waals surface area (Å²) in [6.07, 6.45) is -2.52.